The van der Waals surface area contributed by atoms with E-state index in [2.05, 4.69) is 20.3 Å². The van der Waals surface area contributed by atoms with Gasteiger partial charge in [-0.1, -0.05) is 0 Å². The van der Waals surface area contributed by atoms with E-state index in [0.717, 1.165) is 67.1 Å². The summed E-state index contributed by atoms with van der Waals surface area (Å²) in [6.45, 7) is 7.93. The Morgan fingerprint density at radius 1 is 1.26 bits per heavy atom. The van der Waals surface area contributed by atoms with Crippen LogP contribution in [0.4, 0.5) is 5.82 Å². The fourth-order valence-electron chi connectivity index (χ4n) is 4.44. The van der Waals surface area contributed by atoms with Crippen molar-refractivity contribution in [1.29, 1.82) is 0 Å². The Morgan fingerprint density at radius 3 is 2.70 bits per heavy atom. The average Bonchev–Trinajstić information content (AvgIpc) is 3.14. The Balaban J connectivity index is 1.49. The third kappa shape index (κ3) is 3.38. The van der Waals surface area contributed by atoms with Gasteiger partial charge in [0.25, 0.3) is 0 Å². The van der Waals surface area contributed by atoms with Gasteiger partial charge in [0.15, 0.2) is 5.65 Å². The lowest BCUT2D eigenvalue weighted by molar-refractivity contribution is -0.120. The van der Waals surface area contributed by atoms with Gasteiger partial charge in [0.1, 0.15) is 11.6 Å². The number of carbonyl (C=O) groups is 1. The largest absolute Gasteiger partial charge is 0.370 e. The molecular weight excluding hydrogens is 344 g/mol. The van der Waals surface area contributed by atoms with Gasteiger partial charge in [0.2, 0.25) is 5.91 Å². The van der Waals surface area contributed by atoms with Crippen LogP contribution in [0.3, 0.4) is 0 Å². The molecule has 0 aromatic carbocycles. The minimum atomic E-state index is -0.0508. The minimum absolute atomic E-state index is 0.00404. The van der Waals surface area contributed by atoms with Gasteiger partial charge < -0.3 is 15.0 Å². The smallest absolute Gasteiger partial charge is 0.216 e. The van der Waals surface area contributed by atoms with Gasteiger partial charge in [0, 0.05) is 33.6 Å². The number of aromatic nitrogens is 4. The summed E-state index contributed by atoms with van der Waals surface area (Å²) in [7, 11) is 1.93. The molecule has 2 aliphatic heterocycles. The number of ether oxygens (including phenoxy) is 1. The van der Waals surface area contributed by atoms with Crippen LogP contribution < -0.4 is 10.2 Å². The molecule has 2 fully saturated rings. The second kappa shape index (κ2) is 6.74. The highest BCUT2D eigenvalue weighted by Gasteiger charge is 2.42. The summed E-state index contributed by atoms with van der Waals surface area (Å²) < 4.78 is 8.21. The van der Waals surface area contributed by atoms with Gasteiger partial charge in [-0.2, -0.15) is 5.10 Å². The first-order valence-electron chi connectivity index (χ1n) is 9.72. The van der Waals surface area contributed by atoms with Crippen LogP contribution in [-0.2, 0) is 16.6 Å². The van der Waals surface area contributed by atoms with E-state index in [1.807, 2.05) is 25.6 Å². The van der Waals surface area contributed by atoms with Crippen molar-refractivity contribution >= 4 is 22.8 Å². The van der Waals surface area contributed by atoms with Crippen molar-refractivity contribution in [3.8, 4) is 0 Å². The number of nitrogens with zero attached hydrogens (tertiary/aromatic N) is 5. The van der Waals surface area contributed by atoms with E-state index >= 15 is 0 Å². The van der Waals surface area contributed by atoms with Crippen molar-refractivity contribution in [1.82, 2.24) is 25.1 Å². The molecule has 1 amide bonds. The third-order valence-corrected chi connectivity index (χ3v) is 5.84. The van der Waals surface area contributed by atoms with E-state index in [4.69, 9.17) is 9.72 Å². The zero-order chi connectivity index (χ0) is 19.2. The average molecular weight is 372 g/mol. The first kappa shape index (κ1) is 18.2. The van der Waals surface area contributed by atoms with E-state index in [-0.39, 0.29) is 17.6 Å². The maximum Gasteiger partial charge on any atom is 0.216 e. The molecule has 2 aliphatic rings. The maximum absolute atomic E-state index is 11.1. The molecule has 0 aliphatic carbocycles. The number of fused-ring (bicyclic) bond motifs is 1. The molecule has 4 heterocycles. The molecule has 2 saturated heterocycles. The van der Waals surface area contributed by atoms with Gasteiger partial charge in [0.05, 0.1) is 22.8 Å². The van der Waals surface area contributed by atoms with E-state index in [9.17, 15) is 4.79 Å². The second-order valence-electron chi connectivity index (χ2n) is 7.89. The number of carbonyl (C=O) groups excluding carboxylic acids is 1. The number of rotatable bonds is 3. The van der Waals surface area contributed by atoms with Crippen LogP contribution in [0.15, 0.2) is 0 Å². The summed E-state index contributed by atoms with van der Waals surface area (Å²) in [5.74, 6) is 1.77. The molecule has 2 aromatic rings. The lowest BCUT2D eigenvalue weighted by atomic mass is 9.88. The van der Waals surface area contributed by atoms with Crippen molar-refractivity contribution < 1.29 is 9.53 Å². The Bertz CT molecular complexity index is 869. The predicted molar refractivity (Wildman–Crippen MR) is 103 cm³/mol. The van der Waals surface area contributed by atoms with Gasteiger partial charge in [-0.25, -0.2) is 9.97 Å². The first-order chi connectivity index (χ1) is 12.9. The highest BCUT2D eigenvalue weighted by atomic mass is 16.5. The molecule has 0 radical (unpaired) electrons. The third-order valence-electron chi connectivity index (χ3n) is 5.84. The van der Waals surface area contributed by atoms with E-state index < -0.39 is 0 Å². The summed E-state index contributed by atoms with van der Waals surface area (Å²) in [5.41, 5.74) is 1.81. The van der Waals surface area contributed by atoms with Crippen LogP contribution in [0.2, 0.25) is 0 Å². The molecule has 1 atom stereocenters. The molecule has 2 aromatic heterocycles. The zero-order valence-electron chi connectivity index (χ0n) is 16.6. The van der Waals surface area contributed by atoms with Gasteiger partial charge in [-0.05, 0) is 39.5 Å². The van der Waals surface area contributed by atoms with Crippen LogP contribution >= 0.6 is 0 Å². The van der Waals surface area contributed by atoms with Crippen molar-refractivity contribution in [3.05, 3.63) is 11.5 Å². The topological polar surface area (TPSA) is 85.2 Å². The summed E-state index contributed by atoms with van der Waals surface area (Å²) in [4.78, 5) is 22.8. The van der Waals surface area contributed by atoms with E-state index in [0.29, 0.717) is 6.54 Å². The predicted octanol–water partition coefficient (Wildman–Crippen LogP) is 1.63. The number of amides is 1. The van der Waals surface area contributed by atoms with Crippen LogP contribution in [0.25, 0.3) is 11.0 Å². The van der Waals surface area contributed by atoms with Crippen molar-refractivity contribution in [2.24, 2.45) is 7.05 Å². The fraction of sp³-hybridized carbons (Fsp3) is 0.684. The van der Waals surface area contributed by atoms with Crippen LogP contribution in [0, 0.1) is 13.8 Å². The lowest BCUT2D eigenvalue weighted by Crippen LogP contribution is -2.45. The Morgan fingerprint density at radius 2 is 2.00 bits per heavy atom. The number of aryl methyl sites for hydroxylation is 3. The van der Waals surface area contributed by atoms with Crippen LogP contribution in [0.5, 0.6) is 0 Å². The molecule has 27 heavy (non-hydrogen) atoms. The number of hydrogen-bond donors (Lipinski definition) is 1. The molecule has 0 bridgehead atoms. The van der Waals surface area contributed by atoms with Gasteiger partial charge in [-0.3, -0.25) is 9.48 Å². The first-order valence-corrected chi connectivity index (χ1v) is 9.72. The molecule has 1 N–H and O–H groups in total. The Labute approximate surface area is 159 Å². The summed E-state index contributed by atoms with van der Waals surface area (Å²) in [6, 6.07) is 0. The SMILES string of the molecule is CC(=O)NC[C@@H]1CCC2(CCN(c3nc(C)nc4c3c(C)nn4C)CC2)O1. The van der Waals surface area contributed by atoms with Gasteiger partial charge in [-0.15, -0.1) is 0 Å². The fourth-order valence-corrected chi connectivity index (χ4v) is 4.44. The molecular formula is C19H28N6O2. The highest BCUT2D eigenvalue weighted by Crippen LogP contribution is 2.40. The van der Waals surface area contributed by atoms with Crippen molar-refractivity contribution in [2.45, 2.75) is 58.2 Å². The van der Waals surface area contributed by atoms with E-state index in [1.165, 1.54) is 0 Å². The number of hydrogen-bond acceptors (Lipinski definition) is 6. The second-order valence-corrected chi connectivity index (χ2v) is 7.89. The standard InChI is InChI=1S/C19H28N6O2/c1-12-16-17(24(4)23-12)21-13(2)22-18(16)25-9-7-19(8-10-25)6-5-15(27-19)11-20-14(3)26/h15H,5-11H2,1-4H3,(H,20,26)/t15-/m0/s1. The van der Waals surface area contributed by atoms with Gasteiger partial charge >= 0.3 is 0 Å². The molecule has 1 spiro atoms. The van der Waals surface area contributed by atoms with Crippen LogP contribution in [-0.4, -0.2) is 57.0 Å². The molecule has 8 heteroatoms. The normalized spacial score (nSPS) is 21.9. The molecule has 8 nitrogen and oxygen atoms in total. The minimum Gasteiger partial charge on any atom is -0.370 e. The molecule has 0 saturated carbocycles. The maximum atomic E-state index is 11.1. The molecule has 4 rings (SSSR count). The number of nitrogens with one attached hydrogen (secondary N) is 1. The Kier molecular flexibility index (Phi) is 4.53. The van der Waals surface area contributed by atoms with Crippen LogP contribution in [0.1, 0.15) is 44.1 Å². The Hall–Kier alpha value is -2.22. The summed E-state index contributed by atoms with van der Waals surface area (Å²) in [5, 5.41) is 8.46. The molecule has 146 valence electrons. The number of piperidine rings is 1. The van der Waals surface area contributed by atoms with E-state index in [1.54, 1.807) is 6.92 Å². The quantitative estimate of drug-likeness (QED) is 0.882. The van der Waals surface area contributed by atoms with Crippen molar-refractivity contribution in [3.63, 3.8) is 0 Å². The highest BCUT2D eigenvalue weighted by molar-refractivity contribution is 5.90. The lowest BCUT2D eigenvalue weighted by Gasteiger charge is -2.40. The summed E-state index contributed by atoms with van der Waals surface area (Å²) in [6.07, 6.45) is 4.17. The number of anilines is 1. The van der Waals surface area contributed by atoms with Crippen molar-refractivity contribution in [2.75, 3.05) is 24.5 Å². The summed E-state index contributed by atoms with van der Waals surface area (Å²) >= 11 is 0. The zero-order valence-corrected chi connectivity index (χ0v) is 16.6. The molecule has 0 unspecified atom stereocenters. The monoisotopic (exact) mass is 372 g/mol.